The van der Waals surface area contributed by atoms with E-state index in [1.165, 1.54) is 10.8 Å². The molecule has 4 rings (SSSR count). The Bertz CT molecular complexity index is 1040. The number of nitrogens with zero attached hydrogens (tertiary/aromatic N) is 2. The van der Waals surface area contributed by atoms with Crippen LogP contribution in [0.1, 0.15) is 5.01 Å². The van der Waals surface area contributed by atoms with Crippen molar-refractivity contribution < 1.29 is 4.79 Å². The van der Waals surface area contributed by atoms with E-state index in [2.05, 4.69) is 41.4 Å². The number of carbonyl (C=O) groups excluding carboxylic acids is 1. The van der Waals surface area contributed by atoms with E-state index in [-0.39, 0.29) is 5.91 Å². The van der Waals surface area contributed by atoms with Gasteiger partial charge in [0.2, 0.25) is 5.91 Å². The lowest BCUT2D eigenvalue weighted by Gasteiger charge is -2.15. The zero-order chi connectivity index (χ0) is 17.9. The summed E-state index contributed by atoms with van der Waals surface area (Å²) in [6, 6.07) is 22.7. The maximum absolute atomic E-state index is 12.5. The molecule has 3 nitrogen and oxygen atoms in total. The third-order valence-corrected chi connectivity index (χ3v) is 6.22. The molecule has 0 aliphatic heterocycles. The van der Waals surface area contributed by atoms with Crippen molar-refractivity contribution in [3.8, 4) is 0 Å². The van der Waals surface area contributed by atoms with E-state index in [1.807, 2.05) is 37.4 Å². The average Bonchev–Trinajstić information content (AvgIpc) is 3.08. The van der Waals surface area contributed by atoms with Crippen LogP contribution in [0.4, 0.5) is 0 Å². The van der Waals surface area contributed by atoms with Gasteiger partial charge < -0.3 is 4.90 Å². The highest BCUT2D eigenvalue weighted by molar-refractivity contribution is 8.00. The highest BCUT2D eigenvalue weighted by Gasteiger charge is 2.12. The monoisotopic (exact) mass is 378 g/mol. The van der Waals surface area contributed by atoms with Crippen LogP contribution in [0.5, 0.6) is 0 Å². The SMILES string of the molecule is CN(Cc1nc2ccccc2s1)C(=O)CSc1ccc2ccccc2c1. The summed E-state index contributed by atoms with van der Waals surface area (Å²) in [5.41, 5.74) is 0.999. The summed E-state index contributed by atoms with van der Waals surface area (Å²) >= 11 is 3.23. The fourth-order valence-electron chi connectivity index (χ4n) is 2.79. The number of hydrogen-bond acceptors (Lipinski definition) is 4. The highest BCUT2D eigenvalue weighted by atomic mass is 32.2. The molecule has 0 radical (unpaired) electrons. The zero-order valence-corrected chi connectivity index (χ0v) is 16.0. The topological polar surface area (TPSA) is 33.2 Å². The van der Waals surface area contributed by atoms with Crippen LogP contribution >= 0.6 is 23.1 Å². The molecular weight excluding hydrogens is 360 g/mol. The Balaban J connectivity index is 1.38. The van der Waals surface area contributed by atoms with Gasteiger partial charge in [0.1, 0.15) is 5.01 Å². The second kappa shape index (κ2) is 7.48. The molecule has 0 aliphatic carbocycles. The quantitative estimate of drug-likeness (QED) is 0.448. The molecule has 0 spiro atoms. The molecular formula is C21H18N2OS2. The molecule has 1 aromatic heterocycles. The van der Waals surface area contributed by atoms with Crippen molar-refractivity contribution in [3.63, 3.8) is 0 Å². The van der Waals surface area contributed by atoms with Crippen molar-refractivity contribution in [3.05, 3.63) is 71.7 Å². The molecule has 0 N–H and O–H groups in total. The second-order valence-corrected chi connectivity index (χ2v) is 8.29. The number of amides is 1. The Morgan fingerprint density at radius 3 is 2.65 bits per heavy atom. The maximum Gasteiger partial charge on any atom is 0.233 e. The van der Waals surface area contributed by atoms with Crippen LogP contribution in [0.3, 0.4) is 0 Å². The minimum absolute atomic E-state index is 0.113. The second-order valence-electron chi connectivity index (χ2n) is 6.12. The molecule has 0 unspecified atom stereocenters. The van der Waals surface area contributed by atoms with Crippen molar-refractivity contribution >= 4 is 50.0 Å². The summed E-state index contributed by atoms with van der Waals surface area (Å²) < 4.78 is 1.16. The summed E-state index contributed by atoms with van der Waals surface area (Å²) in [6.45, 7) is 0.552. The summed E-state index contributed by atoms with van der Waals surface area (Å²) in [4.78, 5) is 20.0. The van der Waals surface area contributed by atoms with Gasteiger partial charge in [0, 0.05) is 11.9 Å². The van der Waals surface area contributed by atoms with Gasteiger partial charge in [0.25, 0.3) is 0 Å². The van der Waals surface area contributed by atoms with Crippen molar-refractivity contribution in [1.82, 2.24) is 9.88 Å². The van der Waals surface area contributed by atoms with Crippen molar-refractivity contribution in [2.75, 3.05) is 12.8 Å². The predicted octanol–water partition coefficient (Wildman–Crippen LogP) is 5.20. The normalized spacial score (nSPS) is 11.1. The van der Waals surface area contributed by atoms with Crippen LogP contribution < -0.4 is 0 Å². The molecule has 1 heterocycles. The number of rotatable bonds is 5. The van der Waals surface area contributed by atoms with Gasteiger partial charge in [0.15, 0.2) is 0 Å². The van der Waals surface area contributed by atoms with Crippen molar-refractivity contribution in [1.29, 1.82) is 0 Å². The third kappa shape index (κ3) is 3.74. The van der Waals surface area contributed by atoms with Crippen LogP contribution in [0.15, 0.2) is 71.6 Å². The van der Waals surface area contributed by atoms with Crippen LogP contribution in [-0.2, 0) is 11.3 Å². The van der Waals surface area contributed by atoms with Gasteiger partial charge in [0.05, 0.1) is 22.5 Å². The minimum atomic E-state index is 0.113. The Morgan fingerprint density at radius 2 is 1.81 bits per heavy atom. The molecule has 130 valence electrons. The van der Waals surface area contributed by atoms with Gasteiger partial charge in [-0.3, -0.25) is 4.79 Å². The van der Waals surface area contributed by atoms with E-state index in [0.717, 1.165) is 20.1 Å². The Kier molecular flexibility index (Phi) is 4.91. The van der Waals surface area contributed by atoms with E-state index in [1.54, 1.807) is 28.0 Å². The largest absolute Gasteiger partial charge is 0.338 e. The highest BCUT2D eigenvalue weighted by Crippen LogP contribution is 2.25. The molecule has 5 heteroatoms. The molecule has 3 aromatic carbocycles. The number of para-hydroxylation sites is 1. The average molecular weight is 379 g/mol. The van der Waals surface area contributed by atoms with E-state index < -0.39 is 0 Å². The number of thiazole rings is 1. The third-order valence-electron chi connectivity index (χ3n) is 4.22. The fraction of sp³-hybridized carbons (Fsp3) is 0.143. The first kappa shape index (κ1) is 17.1. The molecule has 1 amide bonds. The first-order valence-corrected chi connectivity index (χ1v) is 10.2. The Morgan fingerprint density at radius 1 is 1.04 bits per heavy atom. The molecule has 4 aromatic rings. The summed E-state index contributed by atoms with van der Waals surface area (Å²) in [6.07, 6.45) is 0. The lowest BCUT2D eigenvalue weighted by molar-refractivity contribution is -0.127. The Hall–Kier alpha value is -2.37. The van der Waals surface area contributed by atoms with Crippen LogP contribution in [-0.4, -0.2) is 28.6 Å². The van der Waals surface area contributed by atoms with Gasteiger partial charge in [-0.05, 0) is 35.0 Å². The molecule has 0 saturated carbocycles. The summed E-state index contributed by atoms with van der Waals surface area (Å²) in [5, 5.41) is 3.39. The maximum atomic E-state index is 12.5. The molecule has 0 fully saturated rings. The molecule has 0 atom stereocenters. The van der Waals surface area contributed by atoms with Crippen LogP contribution in [0, 0.1) is 0 Å². The summed E-state index contributed by atoms with van der Waals surface area (Å²) in [7, 11) is 1.84. The van der Waals surface area contributed by atoms with Crippen LogP contribution in [0.25, 0.3) is 21.0 Å². The summed E-state index contributed by atoms with van der Waals surface area (Å²) in [5.74, 6) is 0.544. The zero-order valence-electron chi connectivity index (χ0n) is 14.4. The van der Waals surface area contributed by atoms with E-state index in [9.17, 15) is 4.79 Å². The van der Waals surface area contributed by atoms with Gasteiger partial charge in [-0.25, -0.2) is 4.98 Å². The standard InChI is InChI=1S/C21H18N2OS2/c1-23(13-20-22-18-8-4-5-9-19(18)26-20)21(24)14-25-17-11-10-15-6-2-3-7-16(15)12-17/h2-12H,13-14H2,1H3. The molecule has 0 bridgehead atoms. The van der Waals surface area contributed by atoms with E-state index >= 15 is 0 Å². The van der Waals surface area contributed by atoms with E-state index in [0.29, 0.717) is 12.3 Å². The van der Waals surface area contributed by atoms with Gasteiger partial charge in [-0.1, -0.05) is 42.5 Å². The minimum Gasteiger partial charge on any atom is -0.338 e. The van der Waals surface area contributed by atoms with E-state index in [4.69, 9.17) is 0 Å². The molecule has 0 aliphatic rings. The van der Waals surface area contributed by atoms with Gasteiger partial charge in [-0.2, -0.15) is 0 Å². The first-order chi connectivity index (χ1) is 12.7. The fourth-order valence-corrected chi connectivity index (χ4v) is 4.70. The first-order valence-electron chi connectivity index (χ1n) is 8.39. The number of benzene rings is 3. The van der Waals surface area contributed by atoms with Crippen LogP contribution in [0.2, 0.25) is 0 Å². The lowest BCUT2D eigenvalue weighted by atomic mass is 10.1. The number of thioether (sulfide) groups is 1. The Labute approximate surface area is 160 Å². The van der Waals surface area contributed by atoms with Gasteiger partial charge >= 0.3 is 0 Å². The number of fused-ring (bicyclic) bond motifs is 2. The smallest absolute Gasteiger partial charge is 0.233 e. The van der Waals surface area contributed by atoms with Crippen molar-refractivity contribution in [2.45, 2.75) is 11.4 Å². The number of aromatic nitrogens is 1. The van der Waals surface area contributed by atoms with Gasteiger partial charge in [-0.15, -0.1) is 23.1 Å². The predicted molar refractivity (Wildman–Crippen MR) is 111 cm³/mol. The molecule has 0 saturated heterocycles. The van der Waals surface area contributed by atoms with Crippen molar-refractivity contribution in [2.24, 2.45) is 0 Å². The lowest BCUT2D eigenvalue weighted by Crippen LogP contribution is -2.27. The number of carbonyl (C=O) groups is 1. The molecule has 26 heavy (non-hydrogen) atoms. The number of hydrogen-bond donors (Lipinski definition) is 0.